The lowest BCUT2D eigenvalue weighted by Gasteiger charge is -2.32. The van der Waals surface area contributed by atoms with Gasteiger partial charge in [-0.25, -0.2) is 0 Å². The van der Waals surface area contributed by atoms with Crippen LogP contribution in [0.4, 0.5) is 0 Å². The number of aromatic nitrogens is 1. The van der Waals surface area contributed by atoms with Gasteiger partial charge in [-0.15, -0.1) is 0 Å². The summed E-state index contributed by atoms with van der Waals surface area (Å²) in [4.78, 5) is 38.0. The van der Waals surface area contributed by atoms with Crippen molar-refractivity contribution in [2.45, 2.75) is 117 Å². The van der Waals surface area contributed by atoms with Crippen molar-refractivity contribution in [1.29, 1.82) is 0 Å². The topological polar surface area (TPSA) is 100 Å². The van der Waals surface area contributed by atoms with Crippen LogP contribution in [-0.2, 0) is 16.8 Å². The largest absolute Gasteiger partial charge is 0.481 e. The molecule has 2 fully saturated rings. The highest BCUT2D eigenvalue weighted by Crippen LogP contribution is 2.35. The Bertz CT molecular complexity index is 1270. The number of amides is 2. The smallest absolute Gasteiger partial charge is 0.306 e. The van der Waals surface area contributed by atoms with Gasteiger partial charge in [-0.3, -0.25) is 14.4 Å². The van der Waals surface area contributed by atoms with Crippen LogP contribution in [0.3, 0.4) is 0 Å². The first kappa shape index (κ1) is 29.9. The molecule has 2 aromatic rings. The highest BCUT2D eigenvalue weighted by atomic mass is 16.4. The minimum Gasteiger partial charge on any atom is -0.481 e. The monoisotopic (exact) mass is 549 g/mol. The lowest BCUT2D eigenvalue weighted by Crippen LogP contribution is -2.46. The molecular formula is C33H47N3O4. The molecule has 1 aromatic heterocycles. The van der Waals surface area contributed by atoms with Crippen molar-refractivity contribution in [2.75, 3.05) is 0 Å². The molecule has 1 heterocycles. The van der Waals surface area contributed by atoms with Crippen LogP contribution in [0.1, 0.15) is 118 Å². The van der Waals surface area contributed by atoms with Crippen molar-refractivity contribution < 1.29 is 19.5 Å². The molecule has 2 amide bonds. The zero-order valence-electron chi connectivity index (χ0n) is 25.3. The van der Waals surface area contributed by atoms with Crippen molar-refractivity contribution >= 4 is 17.8 Å². The highest BCUT2D eigenvalue weighted by Gasteiger charge is 2.36. The Morgan fingerprint density at radius 1 is 0.925 bits per heavy atom. The molecule has 0 spiro atoms. The number of hydrogen-bond acceptors (Lipinski definition) is 3. The Balaban J connectivity index is 1.75. The summed E-state index contributed by atoms with van der Waals surface area (Å²) in [5, 5.41) is 15.4. The van der Waals surface area contributed by atoms with Crippen LogP contribution in [0.2, 0.25) is 0 Å². The SMILES string of the molecule is Cc1c(C(=O)NC2CC(C(=O)O)C2)cc(-c2cc(C(=O)NC(C)(C)C)cc(C(C)(C)C)c2)n1CC1CCCCC1. The molecule has 2 aliphatic carbocycles. The van der Waals surface area contributed by atoms with Crippen molar-refractivity contribution in [3.05, 3.63) is 46.6 Å². The number of carbonyl (C=O) groups excluding carboxylic acids is 2. The molecule has 218 valence electrons. The predicted molar refractivity (Wildman–Crippen MR) is 159 cm³/mol. The maximum Gasteiger partial charge on any atom is 0.306 e. The van der Waals surface area contributed by atoms with Gasteiger partial charge in [0.2, 0.25) is 0 Å². The van der Waals surface area contributed by atoms with Crippen LogP contribution < -0.4 is 10.6 Å². The summed E-state index contributed by atoms with van der Waals surface area (Å²) in [6.07, 6.45) is 7.04. The second-order valence-electron chi connectivity index (χ2n) is 14.1. The lowest BCUT2D eigenvalue weighted by molar-refractivity contribution is -0.145. The minimum absolute atomic E-state index is 0.113. The van der Waals surface area contributed by atoms with E-state index in [4.69, 9.17) is 0 Å². The van der Waals surface area contributed by atoms with E-state index in [0.717, 1.165) is 29.1 Å². The lowest BCUT2D eigenvalue weighted by atomic mass is 9.80. The molecule has 1 aromatic carbocycles. The van der Waals surface area contributed by atoms with Crippen molar-refractivity contribution in [3.63, 3.8) is 0 Å². The maximum atomic E-state index is 13.5. The average Bonchev–Trinajstić information content (AvgIpc) is 3.15. The van der Waals surface area contributed by atoms with E-state index in [1.54, 1.807) is 0 Å². The van der Waals surface area contributed by atoms with E-state index in [1.165, 1.54) is 32.1 Å². The molecular weight excluding hydrogens is 502 g/mol. The van der Waals surface area contributed by atoms with Gasteiger partial charge in [0.1, 0.15) is 0 Å². The molecule has 0 radical (unpaired) electrons. The maximum absolute atomic E-state index is 13.5. The standard InChI is InChI=1S/C33H47N3O4/c1-20-27(30(38)34-26-16-24(17-26)31(39)40)18-28(36(20)19-21-11-9-8-10-12-21)22-13-23(29(37)35-33(5,6)7)15-25(14-22)32(2,3)4/h13-15,18,21,24,26H,8-12,16-17,19H2,1-7H3,(H,34,38)(H,35,37)(H,39,40). The van der Waals surface area contributed by atoms with Gasteiger partial charge in [0.25, 0.3) is 11.8 Å². The van der Waals surface area contributed by atoms with Gasteiger partial charge >= 0.3 is 5.97 Å². The second-order valence-corrected chi connectivity index (χ2v) is 14.1. The first-order chi connectivity index (χ1) is 18.6. The molecule has 40 heavy (non-hydrogen) atoms. The van der Waals surface area contributed by atoms with Gasteiger partial charge in [-0.2, -0.15) is 0 Å². The molecule has 2 aliphatic rings. The average molecular weight is 550 g/mol. The molecule has 0 aliphatic heterocycles. The number of nitrogens with zero attached hydrogens (tertiary/aromatic N) is 1. The Morgan fingerprint density at radius 3 is 2.15 bits per heavy atom. The van der Waals surface area contributed by atoms with Gasteiger partial charge in [0.05, 0.1) is 11.5 Å². The van der Waals surface area contributed by atoms with Crippen LogP contribution in [0, 0.1) is 18.8 Å². The van der Waals surface area contributed by atoms with E-state index < -0.39 is 5.97 Å². The number of benzene rings is 1. The number of aliphatic carboxylic acids is 1. The van der Waals surface area contributed by atoms with Gasteiger partial charge in [0, 0.05) is 35.1 Å². The third kappa shape index (κ3) is 6.97. The summed E-state index contributed by atoms with van der Waals surface area (Å²) in [6.45, 7) is 15.2. The quantitative estimate of drug-likeness (QED) is 0.369. The Morgan fingerprint density at radius 2 is 1.57 bits per heavy atom. The second kappa shape index (κ2) is 11.4. The first-order valence-electron chi connectivity index (χ1n) is 14.8. The molecule has 4 rings (SSSR count). The van der Waals surface area contributed by atoms with Gasteiger partial charge in [0.15, 0.2) is 0 Å². The number of nitrogens with one attached hydrogen (secondary N) is 2. The fourth-order valence-corrected chi connectivity index (χ4v) is 5.93. The van der Waals surface area contributed by atoms with E-state index in [2.05, 4.69) is 42.0 Å². The van der Waals surface area contributed by atoms with Crippen LogP contribution in [0.5, 0.6) is 0 Å². The van der Waals surface area contributed by atoms with Crippen molar-refractivity contribution in [3.8, 4) is 11.3 Å². The van der Waals surface area contributed by atoms with Crippen LogP contribution in [-0.4, -0.2) is 39.0 Å². The fraction of sp³-hybridized carbons (Fsp3) is 0.606. The Kier molecular flexibility index (Phi) is 8.53. The zero-order valence-corrected chi connectivity index (χ0v) is 25.3. The summed E-state index contributed by atoms with van der Waals surface area (Å²) in [5.74, 6) is -0.902. The predicted octanol–water partition coefficient (Wildman–Crippen LogP) is 6.46. The number of carboxylic acids is 1. The summed E-state index contributed by atoms with van der Waals surface area (Å²) < 4.78 is 2.28. The molecule has 2 saturated carbocycles. The van der Waals surface area contributed by atoms with E-state index >= 15 is 0 Å². The fourth-order valence-electron chi connectivity index (χ4n) is 5.93. The number of rotatable bonds is 7. The number of hydrogen-bond donors (Lipinski definition) is 3. The molecule has 0 unspecified atom stereocenters. The Hall–Kier alpha value is -3.09. The molecule has 0 atom stereocenters. The summed E-state index contributed by atoms with van der Waals surface area (Å²) in [5.41, 5.74) is 4.54. The summed E-state index contributed by atoms with van der Waals surface area (Å²) in [6, 6.07) is 7.94. The van der Waals surface area contributed by atoms with E-state index in [-0.39, 0.29) is 34.7 Å². The van der Waals surface area contributed by atoms with E-state index in [9.17, 15) is 19.5 Å². The first-order valence-corrected chi connectivity index (χ1v) is 14.8. The summed E-state index contributed by atoms with van der Waals surface area (Å²) in [7, 11) is 0. The Labute approximate surface area is 239 Å². The van der Waals surface area contributed by atoms with Gasteiger partial charge in [-0.1, -0.05) is 40.0 Å². The van der Waals surface area contributed by atoms with Gasteiger partial charge < -0.3 is 20.3 Å². The number of carbonyl (C=O) groups is 3. The van der Waals surface area contributed by atoms with Crippen LogP contribution in [0.25, 0.3) is 11.3 Å². The highest BCUT2D eigenvalue weighted by molar-refractivity contribution is 5.98. The minimum atomic E-state index is -0.798. The van der Waals surface area contributed by atoms with Crippen LogP contribution in [0.15, 0.2) is 24.3 Å². The number of carboxylic acid groups (broad SMARTS) is 1. The summed E-state index contributed by atoms with van der Waals surface area (Å²) >= 11 is 0. The normalized spacial score (nSPS) is 20.1. The van der Waals surface area contributed by atoms with E-state index in [0.29, 0.717) is 29.9 Å². The molecule has 7 heteroatoms. The van der Waals surface area contributed by atoms with Crippen LogP contribution >= 0.6 is 0 Å². The van der Waals surface area contributed by atoms with Gasteiger partial charge in [-0.05, 0) is 100 Å². The third-order valence-corrected chi connectivity index (χ3v) is 8.44. The zero-order chi connectivity index (χ0) is 29.4. The third-order valence-electron chi connectivity index (χ3n) is 8.44. The van der Waals surface area contributed by atoms with Crippen molar-refractivity contribution in [1.82, 2.24) is 15.2 Å². The van der Waals surface area contributed by atoms with Crippen molar-refractivity contribution in [2.24, 2.45) is 11.8 Å². The molecule has 3 N–H and O–H groups in total. The molecule has 0 saturated heterocycles. The molecule has 7 nitrogen and oxygen atoms in total. The van der Waals surface area contributed by atoms with E-state index in [1.807, 2.05) is 45.9 Å². The molecule has 0 bridgehead atoms.